The molecule has 2 aromatic carbocycles. The zero-order valence-corrected chi connectivity index (χ0v) is 12.1. The standard InChI is InChI=1S/C18H19FO/c1-11-8-13(3)17(9-12(11)2)18(20)7-6-14-10-15(19)4-5-16(14)18/h4-5,8-10,20H,6-7H2,1-3H3. The third-order valence-electron chi connectivity index (χ3n) is 4.56. The monoisotopic (exact) mass is 270 g/mol. The average molecular weight is 270 g/mol. The van der Waals surface area contributed by atoms with E-state index in [1.54, 1.807) is 12.1 Å². The second-order valence-corrected chi connectivity index (χ2v) is 5.91. The number of hydrogen-bond donors (Lipinski definition) is 1. The molecule has 0 bridgehead atoms. The van der Waals surface area contributed by atoms with E-state index in [2.05, 4.69) is 26.0 Å². The Morgan fingerprint density at radius 1 is 0.950 bits per heavy atom. The highest BCUT2D eigenvalue weighted by molar-refractivity contribution is 5.50. The van der Waals surface area contributed by atoms with E-state index in [0.29, 0.717) is 6.42 Å². The fraction of sp³-hybridized carbons (Fsp3) is 0.333. The molecule has 1 nitrogen and oxygen atoms in total. The Morgan fingerprint density at radius 3 is 2.40 bits per heavy atom. The Morgan fingerprint density at radius 2 is 1.65 bits per heavy atom. The molecule has 0 saturated carbocycles. The first kappa shape index (κ1) is 13.3. The molecule has 1 aliphatic rings. The van der Waals surface area contributed by atoms with Crippen molar-refractivity contribution in [3.05, 3.63) is 69.5 Å². The van der Waals surface area contributed by atoms with Gasteiger partial charge < -0.3 is 5.11 Å². The van der Waals surface area contributed by atoms with Crippen molar-refractivity contribution in [2.24, 2.45) is 0 Å². The predicted molar refractivity (Wildman–Crippen MR) is 78.4 cm³/mol. The molecule has 1 unspecified atom stereocenters. The molecule has 2 heteroatoms. The van der Waals surface area contributed by atoms with Crippen molar-refractivity contribution >= 4 is 0 Å². The number of fused-ring (bicyclic) bond motifs is 1. The van der Waals surface area contributed by atoms with E-state index in [0.717, 1.165) is 28.7 Å². The quantitative estimate of drug-likeness (QED) is 0.832. The minimum absolute atomic E-state index is 0.232. The van der Waals surface area contributed by atoms with Gasteiger partial charge in [0.25, 0.3) is 0 Å². The number of aliphatic hydroxyl groups is 1. The Bertz CT molecular complexity index is 690. The summed E-state index contributed by atoms with van der Waals surface area (Å²) in [6.45, 7) is 6.16. The van der Waals surface area contributed by atoms with Gasteiger partial charge >= 0.3 is 0 Å². The molecule has 1 atom stereocenters. The van der Waals surface area contributed by atoms with E-state index < -0.39 is 5.60 Å². The highest BCUT2D eigenvalue weighted by Gasteiger charge is 2.39. The lowest BCUT2D eigenvalue weighted by Gasteiger charge is -2.27. The molecule has 0 aliphatic heterocycles. The van der Waals surface area contributed by atoms with Gasteiger partial charge in [0, 0.05) is 0 Å². The van der Waals surface area contributed by atoms with Gasteiger partial charge in [-0.3, -0.25) is 0 Å². The first-order chi connectivity index (χ1) is 9.41. The molecule has 0 saturated heterocycles. The maximum Gasteiger partial charge on any atom is 0.123 e. The predicted octanol–water partition coefficient (Wildman–Crippen LogP) is 3.93. The lowest BCUT2D eigenvalue weighted by atomic mass is 9.83. The maximum atomic E-state index is 13.3. The van der Waals surface area contributed by atoms with Crippen molar-refractivity contribution in [3.8, 4) is 0 Å². The average Bonchev–Trinajstić information content (AvgIpc) is 2.72. The number of rotatable bonds is 1. The third-order valence-corrected chi connectivity index (χ3v) is 4.56. The van der Waals surface area contributed by atoms with Crippen LogP contribution in [0.2, 0.25) is 0 Å². The molecule has 1 N–H and O–H groups in total. The molecule has 1 aliphatic carbocycles. The summed E-state index contributed by atoms with van der Waals surface area (Å²) >= 11 is 0. The van der Waals surface area contributed by atoms with Crippen molar-refractivity contribution in [1.29, 1.82) is 0 Å². The Balaban J connectivity index is 2.19. The highest BCUT2D eigenvalue weighted by Crippen LogP contribution is 2.43. The Hall–Kier alpha value is -1.67. The number of benzene rings is 2. The number of hydrogen-bond acceptors (Lipinski definition) is 1. The summed E-state index contributed by atoms with van der Waals surface area (Å²) in [4.78, 5) is 0. The minimum Gasteiger partial charge on any atom is -0.380 e. The summed E-state index contributed by atoms with van der Waals surface area (Å²) in [5, 5.41) is 11.2. The molecule has 0 spiro atoms. The van der Waals surface area contributed by atoms with E-state index in [4.69, 9.17) is 0 Å². The fourth-order valence-electron chi connectivity index (χ4n) is 3.31. The van der Waals surface area contributed by atoms with Crippen molar-refractivity contribution < 1.29 is 9.50 Å². The zero-order valence-electron chi connectivity index (χ0n) is 12.1. The fourth-order valence-corrected chi connectivity index (χ4v) is 3.31. The second-order valence-electron chi connectivity index (χ2n) is 5.91. The molecule has 0 amide bonds. The van der Waals surface area contributed by atoms with Crippen LogP contribution in [0.15, 0.2) is 30.3 Å². The van der Waals surface area contributed by atoms with Gasteiger partial charge in [-0.2, -0.15) is 0 Å². The van der Waals surface area contributed by atoms with Gasteiger partial charge in [-0.1, -0.05) is 18.2 Å². The molecular weight excluding hydrogens is 251 g/mol. The summed E-state index contributed by atoms with van der Waals surface area (Å²) in [5.74, 6) is -0.232. The van der Waals surface area contributed by atoms with E-state index in [-0.39, 0.29) is 5.82 Å². The smallest absolute Gasteiger partial charge is 0.123 e. The Kier molecular flexibility index (Phi) is 2.94. The molecule has 0 radical (unpaired) electrons. The SMILES string of the molecule is Cc1cc(C)c(C2(O)CCc3cc(F)ccc32)cc1C. The second kappa shape index (κ2) is 4.42. The van der Waals surface area contributed by atoms with Gasteiger partial charge in [0.2, 0.25) is 0 Å². The highest BCUT2D eigenvalue weighted by atomic mass is 19.1. The van der Waals surface area contributed by atoms with Crippen LogP contribution >= 0.6 is 0 Å². The van der Waals surface area contributed by atoms with Crippen molar-refractivity contribution in [3.63, 3.8) is 0 Å². The van der Waals surface area contributed by atoms with Gasteiger partial charge in [0.05, 0.1) is 0 Å². The summed E-state index contributed by atoms with van der Waals surface area (Å²) in [7, 11) is 0. The maximum absolute atomic E-state index is 13.3. The van der Waals surface area contributed by atoms with Gasteiger partial charge in [-0.05, 0) is 79.1 Å². The van der Waals surface area contributed by atoms with Crippen molar-refractivity contribution in [2.75, 3.05) is 0 Å². The summed E-state index contributed by atoms with van der Waals surface area (Å²) in [6, 6.07) is 8.90. The van der Waals surface area contributed by atoms with Crippen LogP contribution in [-0.4, -0.2) is 5.11 Å². The lowest BCUT2D eigenvalue weighted by Crippen LogP contribution is -2.25. The molecule has 3 rings (SSSR count). The van der Waals surface area contributed by atoms with Gasteiger partial charge in [0.15, 0.2) is 0 Å². The van der Waals surface area contributed by atoms with E-state index in [1.165, 1.54) is 17.2 Å². The van der Waals surface area contributed by atoms with Crippen LogP contribution in [0.4, 0.5) is 4.39 Å². The largest absolute Gasteiger partial charge is 0.380 e. The minimum atomic E-state index is -0.981. The topological polar surface area (TPSA) is 20.2 Å². The van der Waals surface area contributed by atoms with E-state index >= 15 is 0 Å². The summed E-state index contributed by atoms with van der Waals surface area (Å²) < 4.78 is 13.3. The zero-order chi connectivity index (χ0) is 14.5. The molecule has 0 fully saturated rings. The van der Waals surface area contributed by atoms with E-state index in [1.807, 2.05) is 6.92 Å². The van der Waals surface area contributed by atoms with E-state index in [9.17, 15) is 9.50 Å². The normalized spacial score (nSPS) is 21.1. The van der Waals surface area contributed by atoms with Crippen LogP contribution in [-0.2, 0) is 12.0 Å². The van der Waals surface area contributed by atoms with Gasteiger partial charge in [-0.25, -0.2) is 4.39 Å². The molecular formula is C18H19FO. The van der Waals surface area contributed by atoms with Crippen LogP contribution in [0.1, 0.15) is 39.8 Å². The van der Waals surface area contributed by atoms with Gasteiger partial charge in [-0.15, -0.1) is 0 Å². The van der Waals surface area contributed by atoms with Crippen molar-refractivity contribution in [1.82, 2.24) is 0 Å². The van der Waals surface area contributed by atoms with Crippen LogP contribution in [0.5, 0.6) is 0 Å². The first-order valence-corrected chi connectivity index (χ1v) is 7.01. The number of aryl methyl sites for hydroxylation is 4. The summed E-state index contributed by atoms with van der Waals surface area (Å²) in [6.07, 6.45) is 1.34. The van der Waals surface area contributed by atoms with Gasteiger partial charge in [0.1, 0.15) is 11.4 Å². The molecule has 104 valence electrons. The number of halogens is 1. The molecule has 0 aromatic heterocycles. The Labute approximate surface area is 119 Å². The van der Waals surface area contributed by atoms with Crippen LogP contribution < -0.4 is 0 Å². The lowest BCUT2D eigenvalue weighted by molar-refractivity contribution is 0.0822. The van der Waals surface area contributed by atoms with Crippen LogP contribution in [0, 0.1) is 26.6 Å². The first-order valence-electron chi connectivity index (χ1n) is 7.01. The van der Waals surface area contributed by atoms with Crippen molar-refractivity contribution in [2.45, 2.75) is 39.2 Å². The molecule has 2 aromatic rings. The molecule has 20 heavy (non-hydrogen) atoms. The van der Waals surface area contributed by atoms with Crippen LogP contribution in [0.3, 0.4) is 0 Å². The molecule has 0 heterocycles. The summed E-state index contributed by atoms with van der Waals surface area (Å²) in [5.41, 5.74) is 5.24. The third kappa shape index (κ3) is 1.87. The van der Waals surface area contributed by atoms with Crippen LogP contribution in [0.25, 0.3) is 0 Å².